The van der Waals surface area contributed by atoms with E-state index in [0.29, 0.717) is 5.75 Å². The summed E-state index contributed by atoms with van der Waals surface area (Å²) in [5.41, 5.74) is 1.88. The van der Waals surface area contributed by atoms with E-state index in [2.05, 4.69) is 11.1 Å². The molecule has 0 saturated carbocycles. The van der Waals surface area contributed by atoms with Crippen LogP contribution < -0.4 is 0 Å². The van der Waals surface area contributed by atoms with Crippen molar-refractivity contribution in [3.8, 4) is 0 Å². The van der Waals surface area contributed by atoms with Gasteiger partial charge in [-0.3, -0.25) is 4.79 Å². The minimum atomic E-state index is 0.163. The second-order valence-electron chi connectivity index (χ2n) is 4.28. The van der Waals surface area contributed by atoms with Crippen LogP contribution in [0.25, 0.3) is 10.9 Å². The summed E-state index contributed by atoms with van der Waals surface area (Å²) in [6.45, 7) is 0. The number of aromatic amines is 1. The van der Waals surface area contributed by atoms with Crippen LogP contribution >= 0.6 is 11.8 Å². The number of H-pyrrole nitrogens is 1. The fourth-order valence-corrected chi connectivity index (χ4v) is 2.94. The van der Waals surface area contributed by atoms with E-state index in [1.165, 1.54) is 5.39 Å². The van der Waals surface area contributed by atoms with Crippen molar-refractivity contribution in [1.29, 1.82) is 0 Å². The van der Waals surface area contributed by atoms with Crippen LogP contribution in [0, 0.1) is 0 Å². The molecule has 3 heteroatoms. The van der Waals surface area contributed by atoms with E-state index in [1.807, 2.05) is 54.7 Å². The maximum Gasteiger partial charge on any atom is 0.173 e. The van der Waals surface area contributed by atoms with Crippen LogP contribution in [0.3, 0.4) is 0 Å². The molecule has 19 heavy (non-hydrogen) atoms. The number of thioether (sulfide) groups is 1. The largest absolute Gasteiger partial charge is 0.360 e. The van der Waals surface area contributed by atoms with E-state index in [-0.39, 0.29) is 5.78 Å². The number of aromatic nitrogens is 1. The first-order valence-corrected chi connectivity index (χ1v) is 7.10. The van der Waals surface area contributed by atoms with Crippen molar-refractivity contribution in [3.63, 3.8) is 0 Å². The third kappa shape index (κ3) is 2.56. The van der Waals surface area contributed by atoms with Gasteiger partial charge in [0, 0.05) is 27.6 Å². The zero-order valence-electron chi connectivity index (χ0n) is 10.3. The van der Waals surface area contributed by atoms with Crippen molar-refractivity contribution in [1.82, 2.24) is 4.98 Å². The maximum absolute atomic E-state index is 12.0. The molecule has 0 bridgehead atoms. The van der Waals surface area contributed by atoms with Crippen molar-refractivity contribution in [2.75, 3.05) is 5.75 Å². The van der Waals surface area contributed by atoms with E-state index in [0.717, 1.165) is 16.0 Å². The van der Waals surface area contributed by atoms with Gasteiger partial charge in [-0.15, -0.1) is 11.8 Å². The molecular formula is C16H13NOS. The Morgan fingerprint density at radius 3 is 2.58 bits per heavy atom. The molecule has 0 aliphatic rings. The molecule has 3 rings (SSSR count). The Morgan fingerprint density at radius 2 is 1.74 bits per heavy atom. The van der Waals surface area contributed by atoms with E-state index < -0.39 is 0 Å². The Bertz CT molecular complexity index is 703. The molecule has 0 fully saturated rings. The predicted octanol–water partition coefficient (Wildman–Crippen LogP) is 4.14. The fraction of sp³-hybridized carbons (Fsp3) is 0.0625. The van der Waals surface area contributed by atoms with E-state index in [4.69, 9.17) is 0 Å². The number of hydrogen-bond donors (Lipinski definition) is 1. The summed E-state index contributed by atoms with van der Waals surface area (Å²) >= 11 is 1.58. The van der Waals surface area contributed by atoms with Gasteiger partial charge in [-0.05, 0) is 6.07 Å². The van der Waals surface area contributed by atoms with Gasteiger partial charge in [-0.1, -0.05) is 48.5 Å². The summed E-state index contributed by atoms with van der Waals surface area (Å²) in [7, 11) is 0. The van der Waals surface area contributed by atoms with Gasteiger partial charge in [0.25, 0.3) is 0 Å². The summed E-state index contributed by atoms with van der Waals surface area (Å²) in [4.78, 5) is 16.4. The first kappa shape index (κ1) is 12.1. The summed E-state index contributed by atoms with van der Waals surface area (Å²) in [5.74, 6) is 0.627. The maximum atomic E-state index is 12.0. The summed E-state index contributed by atoms with van der Waals surface area (Å²) in [5, 5.41) is 1.17. The van der Waals surface area contributed by atoms with Gasteiger partial charge in [-0.2, -0.15) is 0 Å². The average Bonchev–Trinajstić information content (AvgIpc) is 2.89. The lowest BCUT2D eigenvalue weighted by atomic mass is 10.2. The number of benzene rings is 2. The summed E-state index contributed by atoms with van der Waals surface area (Å²) in [6.07, 6.45) is 1.97. The zero-order chi connectivity index (χ0) is 13.1. The summed E-state index contributed by atoms with van der Waals surface area (Å²) < 4.78 is 0. The Labute approximate surface area is 115 Å². The Kier molecular flexibility index (Phi) is 3.38. The van der Waals surface area contributed by atoms with Crippen LogP contribution in [0.15, 0.2) is 65.7 Å². The number of para-hydroxylation sites is 1. The van der Waals surface area contributed by atoms with Crippen molar-refractivity contribution in [2.24, 2.45) is 0 Å². The average molecular weight is 267 g/mol. The number of hydrogen-bond acceptors (Lipinski definition) is 2. The molecule has 0 unspecified atom stereocenters. The standard InChI is InChI=1S/C16H13NOS/c18-15(12-6-2-1-3-7-12)11-19-16-10-17-14-9-5-4-8-13(14)16/h1-10,17H,11H2. The fourth-order valence-electron chi connectivity index (χ4n) is 2.01. The second kappa shape index (κ2) is 5.33. The number of rotatable bonds is 4. The lowest BCUT2D eigenvalue weighted by molar-refractivity contribution is 0.102. The molecule has 94 valence electrons. The lowest BCUT2D eigenvalue weighted by Gasteiger charge is -2.00. The summed E-state index contributed by atoms with van der Waals surface area (Å²) in [6, 6.07) is 17.5. The van der Waals surface area contributed by atoms with Gasteiger partial charge < -0.3 is 4.98 Å². The molecule has 0 aliphatic carbocycles. The second-order valence-corrected chi connectivity index (χ2v) is 5.29. The van der Waals surface area contributed by atoms with Gasteiger partial charge in [0.05, 0.1) is 5.75 Å². The molecule has 2 aromatic carbocycles. The molecule has 0 aliphatic heterocycles. The number of fused-ring (bicyclic) bond motifs is 1. The molecule has 1 heterocycles. The van der Waals surface area contributed by atoms with Crippen LogP contribution in [0.5, 0.6) is 0 Å². The molecule has 3 aromatic rings. The molecule has 0 saturated heterocycles. The molecule has 0 atom stereocenters. The van der Waals surface area contributed by atoms with Crippen LogP contribution in [-0.2, 0) is 0 Å². The minimum absolute atomic E-state index is 0.163. The Morgan fingerprint density at radius 1 is 1.00 bits per heavy atom. The Hall–Kier alpha value is -2.00. The van der Waals surface area contributed by atoms with Gasteiger partial charge in [0.1, 0.15) is 0 Å². The minimum Gasteiger partial charge on any atom is -0.360 e. The SMILES string of the molecule is O=C(CSc1c[nH]c2ccccc12)c1ccccc1. The molecule has 1 N–H and O–H groups in total. The van der Waals surface area contributed by atoms with Crippen molar-refractivity contribution in [3.05, 3.63) is 66.4 Å². The van der Waals surface area contributed by atoms with Crippen LogP contribution in [0.1, 0.15) is 10.4 Å². The smallest absolute Gasteiger partial charge is 0.173 e. The number of Topliss-reactive ketones (excluding diaryl/α,β-unsaturated/α-hetero) is 1. The van der Waals surface area contributed by atoms with Gasteiger partial charge in [-0.25, -0.2) is 0 Å². The van der Waals surface area contributed by atoms with Crippen LogP contribution in [0.2, 0.25) is 0 Å². The molecule has 2 nitrogen and oxygen atoms in total. The first-order chi connectivity index (χ1) is 9.34. The monoisotopic (exact) mass is 267 g/mol. The number of ketones is 1. The molecule has 0 spiro atoms. The highest BCUT2D eigenvalue weighted by Gasteiger charge is 2.08. The molecule has 1 aromatic heterocycles. The number of nitrogens with one attached hydrogen (secondary N) is 1. The molecular weight excluding hydrogens is 254 g/mol. The number of carbonyl (C=O) groups excluding carboxylic acids is 1. The van der Waals surface area contributed by atoms with Crippen LogP contribution in [-0.4, -0.2) is 16.5 Å². The third-order valence-corrected chi connectivity index (χ3v) is 4.06. The first-order valence-electron chi connectivity index (χ1n) is 6.12. The lowest BCUT2D eigenvalue weighted by Crippen LogP contribution is -2.01. The highest BCUT2D eigenvalue weighted by Crippen LogP contribution is 2.28. The predicted molar refractivity (Wildman–Crippen MR) is 79.8 cm³/mol. The van der Waals surface area contributed by atoms with E-state index in [1.54, 1.807) is 11.8 Å². The third-order valence-electron chi connectivity index (χ3n) is 3.01. The van der Waals surface area contributed by atoms with Gasteiger partial charge in [0.2, 0.25) is 0 Å². The topological polar surface area (TPSA) is 32.9 Å². The molecule has 0 radical (unpaired) electrons. The van der Waals surface area contributed by atoms with Crippen molar-refractivity contribution in [2.45, 2.75) is 4.90 Å². The van der Waals surface area contributed by atoms with Gasteiger partial charge in [0.15, 0.2) is 5.78 Å². The quantitative estimate of drug-likeness (QED) is 0.569. The van der Waals surface area contributed by atoms with E-state index >= 15 is 0 Å². The van der Waals surface area contributed by atoms with Gasteiger partial charge >= 0.3 is 0 Å². The van der Waals surface area contributed by atoms with Crippen molar-refractivity contribution < 1.29 is 4.79 Å². The molecule has 0 amide bonds. The number of carbonyl (C=O) groups is 1. The van der Waals surface area contributed by atoms with E-state index in [9.17, 15) is 4.79 Å². The normalized spacial score (nSPS) is 10.7. The highest BCUT2D eigenvalue weighted by atomic mass is 32.2. The van der Waals surface area contributed by atoms with Crippen LogP contribution in [0.4, 0.5) is 0 Å². The highest BCUT2D eigenvalue weighted by molar-refractivity contribution is 8.00. The zero-order valence-corrected chi connectivity index (χ0v) is 11.1. The Balaban J connectivity index is 1.75. The van der Waals surface area contributed by atoms with Crippen molar-refractivity contribution >= 4 is 28.4 Å².